The number of nitrogens with zero attached hydrogens (tertiary/aromatic N) is 2. The zero-order valence-corrected chi connectivity index (χ0v) is 21.1. The van der Waals surface area contributed by atoms with Crippen LogP contribution in [-0.4, -0.2) is 23.4 Å². The van der Waals surface area contributed by atoms with Gasteiger partial charge in [-0.3, -0.25) is 4.79 Å². The molecular formula is C23H30IN5O3. The highest BCUT2D eigenvalue weighted by Gasteiger charge is 2.19. The molecule has 9 heteroatoms. The number of benzene rings is 1. The van der Waals surface area contributed by atoms with Crippen molar-refractivity contribution in [2.75, 3.05) is 11.9 Å². The molecule has 8 nitrogen and oxygen atoms in total. The standard InChI is InChI=1S/C23H29N5O3.HI/c1-5-24-22(27-15-20-25-14-19(31-20)23(2,3)4)26-13-16-8-10-17(11-9-16)28-21(29)18-7-6-12-30-18;/h6-12,14H,5,13,15H2,1-4H3,(H,28,29)(H2,24,26,27);1H. The van der Waals surface area contributed by atoms with Crippen LogP contribution in [0.15, 0.2) is 62.7 Å². The van der Waals surface area contributed by atoms with Crippen molar-refractivity contribution in [3.63, 3.8) is 0 Å². The number of rotatable bonds is 7. The Kier molecular flexibility index (Phi) is 9.30. The third-order valence-corrected chi connectivity index (χ3v) is 4.42. The van der Waals surface area contributed by atoms with Crippen molar-refractivity contribution in [3.8, 4) is 0 Å². The van der Waals surface area contributed by atoms with Gasteiger partial charge in [-0.15, -0.1) is 24.0 Å². The number of halogens is 1. The SMILES string of the molecule is CCNC(=NCc1ccc(NC(=O)c2ccco2)cc1)NCc1ncc(C(C)(C)C)o1.I. The zero-order chi connectivity index (χ0) is 22.3. The second kappa shape index (κ2) is 11.7. The van der Waals surface area contributed by atoms with E-state index < -0.39 is 0 Å². The first-order chi connectivity index (χ1) is 14.8. The van der Waals surface area contributed by atoms with Crippen LogP contribution < -0.4 is 16.0 Å². The minimum Gasteiger partial charge on any atom is -0.459 e. The molecule has 32 heavy (non-hydrogen) atoms. The summed E-state index contributed by atoms with van der Waals surface area (Å²) in [7, 11) is 0. The summed E-state index contributed by atoms with van der Waals surface area (Å²) < 4.78 is 10.9. The number of carbonyl (C=O) groups excluding carboxylic acids is 1. The first kappa shape index (κ1) is 25.4. The Morgan fingerprint density at radius 3 is 2.47 bits per heavy atom. The van der Waals surface area contributed by atoms with E-state index in [0.717, 1.165) is 17.9 Å². The second-order valence-corrected chi connectivity index (χ2v) is 8.05. The van der Waals surface area contributed by atoms with Crippen molar-refractivity contribution in [1.29, 1.82) is 0 Å². The Hall–Kier alpha value is -2.82. The fourth-order valence-corrected chi connectivity index (χ4v) is 2.70. The van der Waals surface area contributed by atoms with Crippen molar-refractivity contribution in [2.45, 2.75) is 46.2 Å². The molecule has 2 heterocycles. The van der Waals surface area contributed by atoms with Crippen LogP contribution in [0, 0.1) is 0 Å². The average Bonchev–Trinajstić information content (AvgIpc) is 3.43. The molecule has 3 N–H and O–H groups in total. The highest BCUT2D eigenvalue weighted by atomic mass is 127. The van der Waals surface area contributed by atoms with Crippen LogP contribution in [0.4, 0.5) is 5.69 Å². The summed E-state index contributed by atoms with van der Waals surface area (Å²) in [5, 5.41) is 9.25. The third kappa shape index (κ3) is 7.40. The number of oxazole rings is 1. The monoisotopic (exact) mass is 551 g/mol. The Balaban J connectivity index is 0.00000363. The number of aliphatic imine (C=N–C) groups is 1. The van der Waals surface area contributed by atoms with Gasteiger partial charge in [0.15, 0.2) is 11.7 Å². The number of furan rings is 1. The summed E-state index contributed by atoms with van der Waals surface area (Å²) in [5.41, 5.74) is 1.63. The maximum absolute atomic E-state index is 12.0. The van der Waals surface area contributed by atoms with Crippen molar-refractivity contribution in [3.05, 3.63) is 71.8 Å². The molecule has 0 aliphatic rings. The molecule has 3 aromatic rings. The number of carbonyl (C=O) groups is 1. The Morgan fingerprint density at radius 2 is 1.88 bits per heavy atom. The Bertz CT molecular complexity index is 1010. The summed E-state index contributed by atoms with van der Waals surface area (Å²) in [4.78, 5) is 21.0. The van der Waals surface area contributed by atoms with Gasteiger partial charge >= 0.3 is 0 Å². The van der Waals surface area contributed by atoms with Gasteiger partial charge in [0.05, 0.1) is 25.5 Å². The lowest BCUT2D eigenvalue weighted by atomic mass is 9.94. The van der Waals surface area contributed by atoms with Crippen molar-refractivity contribution >= 4 is 41.5 Å². The van der Waals surface area contributed by atoms with Crippen LogP contribution in [0.1, 0.15) is 55.5 Å². The molecule has 0 fully saturated rings. The molecule has 0 radical (unpaired) electrons. The molecule has 0 spiro atoms. The minimum atomic E-state index is -0.282. The van der Waals surface area contributed by atoms with Gasteiger partial charge in [0.1, 0.15) is 5.76 Å². The molecule has 1 amide bonds. The van der Waals surface area contributed by atoms with Crippen LogP contribution in [-0.2, 0) is 18.5 Å². The van der Waals surface area contributed by atoms with Gasteiger partial charge in [-0.2, -0.15) is 0 Å². The summed E-state index contributed by atoms with van der Waals surface area (Å²) in [6, 6.07) is 10.8. The van der Waals surface area contributed by atoms with Gasteiger partial charge in [0.2, 0.25) is 5.89 Å². The van der Waals surface area contributed by atoms with Crippen LogP contribution in [0.3, 0.4) is 0 Å². The number of hydrogen-bond acceptors (Lipinski definition) is 5. The van der Waals surface area contributed by atoms with E-state index in [-0.39, 0.29) is 41.1 Å². The fourth-order valence-electron chi connectivity index (χ4n) is 2.70. The molecule has 0 saturated carbocycles. The molecule has 3 rings (SSSR count). The van der Waals surface area contributed by atoms with Crippen molar-refractivity contribution in [2.24, 2.45) is 4.99 Å². The van der Waals surface area contributed by atoms with E-state index in [1.807, 2.05) is 31.2 Å². The molecule has 1 aromatic carbocycles. The van der Waals surface area contributed by atoms with Crippen LogP contribution in [0.25, 0.3) is 0 Å². The van der Waals surface area contributed by atoms with Gasteiger partial charge in [0.25, 0.3) is 5.91 Å². The number of aromatic nitrogens is 1. The zero-order valence-electron chi connectivity index (χ0n) is 18.8. The number of anilines is 1. The number of amides is 1. The lowest BCUT2D eigenvalue weighted by Gasteiger charge is -2.13. The number of nitrogens with one attached hydrogen (secondary N) is 3. The van der Waals surface area contributed by atoms with Crippen molar-refractivity contribution < 1.29 is 13.6 Å². The third-order valence-electron chi connectivity index (χ3n) is 4.42. The highest BCUT2D eigenvalue weighted by Crippen LogP contribution is 2.22. The van der Waals surface area contributed by atoms with Gasteiger partial charge in [-0.25, -0.2) is 9.98 Å². The van der Waals surface area contributed by atoms with Gasteiger partial charge < -0.3 is 24.8 Å². The topological polar surface area (TPSA) is 105 Å². The van der Waals surface area contributed by atoms with Crippen LogP contribution >= 0.6 is 24.0 Å². The lowest BCUT2D eigenvalue weighted by molar-refractivity contribution is 0.0996. The average molecular weight is 551 g/mol. The summed E-state index contributed by atoms with van der Waals surface area (Å²) in [6.07, 6.45) is 3.24. The molecule has 172 valence electrons. The summed E-state index contributed by atoms with van der Waals surface area (Å²) >= 11 is 0. The van der Waals surface area contributed by atoms with E-state index in [0.29, 0.717) is 30.6 Å². The smallest absolute Gasteiger partial charge is 0.291 e. The van der Waals surface area contributed by atoms with Gasteiger partial charge in [-0.05, 0) is 36.8 Å². The summed E-state index contributed by atoms with van der Waals surface area (Å²) in [6.45, 7) is 9.94. The molecule has 0 atom stereocenters. The first-order valence-electron chi connectivity index (χ1n) is 10.3. The minimum absolute atomic E-state index is 0. The fraction of sp³-hybridized carbons (Fsp3) is 0.348. The van der Waals surface area contributed by atoms with E-state index in [4.69, 9.17) is 8.83 Å². The van der Waals surface area contributed by atoms with E-state index in [1.165, 1.54) is 6.26 Å². The molecule has 0 bridgehead atoms. The van der Waals surface area contributed by atoms with E-state index in [1.54, 1.807) is 18.3 Å². The Labute approximate surface area is 205 Å². The van der Waals surface area contributed by atoms with E-state index >= 15 is 0 Å². The molecule has 0 aliphatic carbocycles. The molecular weight excluding hydrogens is 521 g/mol. The predicted octanol–water partition coefficient (Wildman–Crippen LogP) is 4.69. The Morgan fingerprint density at radius 1 is 1.12 bits per heavy atom. The van der Waals surface area contributed by atoms with Gasteiger partial charge in [0, 0.05) is 17.6 Å². The largest absolute Gasteiger partial charge is 0.459 e. The number of guanidine groups is 1. The highest BCUT2D eigenvalue weighted by molar-refractivity contribution is 14.0. The molecule has 2 aromatic heterocycles. The van der Waals surface area contributed by atoms with E-state index in [2.05, 4.69) is 46.7 Å². The molecule has 0 unspecified atom stereocenters. The second-order valence-electron chi connectivity index (χ2n) is 8.05. The molecule has 0 aliphatic heterocycles. The maximum Gasteiger partial charge on any atom is 0.291 e. The van der Waals surface area contributed by atoms with E-state index in [9.17, 15) is 4.79 Å². The lowest BCUT2D eigenvalue weighted by Crippen LogP contribution is -2.36. The maximum atomic E-state index is 12.0. The normalized spacial score (nSPS) is 11.6. The summed E-state index contributed by atoms with van der Waals surface area (Å²) in [5.74, 6) is 2.14. The van der Waals surface area contributed by atoms with Crippen LogP contribution in [0.2, 0.25) is 0 Å². The number of hydrogen-bond donors (Lipinski definition) is 3. The van der Waals surface area contributed by atoms with Gasteiger partial charge in [-0.1, -0.05) is 32.9 Å². The quantitative estimate of drug-likeness (QED) is 0.224. The predicted molar refractivity (Wildman–Crippen MR) is 135 cm³/mol. The van der Waals surface area contributed by atoms with Crippen molar-refractivity contribution in [1.82, 2.24) is 15.6 Å². The first-order valence-corrected chi connectivity index (χ1v) is 10.3. The van der Waals surface area contributed by atoms with Crippen LogP contribution in [0.5, 0.6) is 0 Å². The molecule has 0 saturated heterocycles.